The Morgan fingerprint density at radius 3 is 2.38 bits per heavy atom. The Morgan fingerprint density at radius 2 is 1.79 bits per heavy atom. The number of nitrogens with zero attached hydrogens (tertiary/aromatic N) is 1. The van der Waals surface area contributed by atoms with Crippen LogP contribution in [0.2, 0.25) is 0 Å². The Balaban J connectivity index is 1.66. The lowest BCUT2D eigenvalue weighted by Gasteiger charge is -2.40. The summed E-state index contributed by atoms with van der Waals surface area (Å²) in [7, 11) is -3.48. The molecule has 0 bridgehead atoms. The standard InChI is InChI=1S/C24H36N4O5S/c1-6-14-34(32,33)27-19-9-7-8-18(16(19)2)25-20(29)15-28-21(30)24(26-22(28)31)12-10-17(11-13-24)23(3,4)5/h7-9,17,27H,6,10-15H2,1-5H3,(H,25,29)(H,26,31). The van der Waals surface area contributed by atoms with Crippen molar-refractivity contribution in [2.75, 3.05) is 22.3 Å². The third-order valence-electron chi connectivity index (χ3n) is 6.96. The van der Waals surface area contributed by atoms with Gasteiger partial charge < -0.3 is 10.6 Å². The first-order valence-electron chi connectivity index (χ1n) is 11.8. The number of carbonyl (C=O) groups is 3. The topological polar surface area (TPSA) is 125 Å². The molecule has 1 saturated carbocycles. The second kappa shape index (κ2) is 9.56. The summed E-state index contributed by atoms with van der Waals surface area (Å²) in [4.78, 5) is 39.5. The molecule has 1 aliphatic carbocycles. The summed E-state index contributed by atoms with van der Waals surface area (Å²) >= 11 is 0. The van der Waals surface area contributed by atoms with Gasteiger partial charge in [-0.3, -0.25) is 19.2 Å². The number of hydrogen-bond acceptors (Lipinski definition) is 5. The fraction of sp³-hybridized carbons (Fsp3) is 0.625. The van der Waals surface area contributed by atoms with Crippen LogP contribution in [0.3, 0.4) is 0 Å². The molecule has 1 aliphatic heterocycles. The van der Waals surface area contributed by atoms with Crippen molar-refractivity contribution in [1.82, 2.24) is 10.2 Å². The number of benzene rings is 1. The molecule has 4 amide bonds. The average Bonchev–Trinajstić information content (AvgIpc) is 2.94. The quantitative estimate of drug-likeness (QED) is 0.502. The minimum Gasteiger partial charge on any atom is -0.324 e. The molecule has 1 saturated heterocycles. The van der Waals surface area contributed by atoms with Crippen LogP contribution in [0.25, 0.3) is 0 Å². The Labute approximate surface area is 202 Å². The van der Waals surface area contributed by atoms with Crippen molar-refractivity contribution in [3.8, 4) is 0 Å². The van der Waals surface area contributed by atoms with Gasteiger partial charge in [-0.1, -0.05) is 33.8 Å². The first kappa shape index (κ1) is 26.0. The van der Waals surface area contributed by atoms with E-state index in [0.29, 0.717) is 42.1 Å². The highest BCUT2D eigenvalue weighted by Crippen LogP contribution is 2.43. The monoisotopic (exact) mass is 492 g/mol. The molecule has 2 aliphatic rings. The van der Waals surface area contributed by atoms with Crippen LogP contribution in [-0.4, -0.2) is 49.0 Å². The summed E-state index contributed by atoms with van der Waals surface area (Å²) in [5, 5.41) is 5.56. The Hall–Kier alpha value is -2.62. The van der Waals surface area contributed by atoms with Crippen molar-refractivity contribution in [1.29, 1.82) is 0 Å². The van der Waals surface area contributed by atoms with Gasteiger partial charge in [-0.2, -0.15) is 0 Å². The van der Waals surface area contributed by atoms with Crippen LogP contribution in [0.15, 0.2) is 18.2 Å². The van der Waals surface area contributed by atoms with Gasteiger partial charge in [-0.05, 0) is 68.1 Å². The van der Waals surface area contributed by atoms with E-state index in [1.54, 1.807) is 32.0 Å². The fourth-order valence-corrected chi connectivity index (χ4v) is 6.03. The molecule has 2 fully saturated rings. The molecule has 0 atom stereocenters. The van der Waals surface area contributed by atoms with Gasteiger partial charge in [0.05, 0.1) is 11.4 Å². The zero-order valence-corrected chi connectivity index (χ0v) is 21.5. The van der Waals surface area contributed by atoms with Crippen LogP contribution in [0.1, 0.15) is 65.4 Å². The van der Waals surface area contributed by atoms with E-state index in [1.165, 1.54) is 0 Å². The van der Waals surface area contributed by atoms with Crippen molar-refractivity contribution in [3.63, 3.8) is 0 Å². The molecule has 3 rings (SSSR count). The predicted octanol–water partition coefficient (Wildman–Crippen LogP) is 3.61. The van der Waals surface area contributed by atoms with Gasteiger partial charge in [0.1, 0.15) is 12.1 Å². The van der Waals surface area contributed by atoms with E-state index in [0.717, 1.165) is 17.7 Å². The molecule has 3 N–H and O–H groups in total. The van der Waals surface area contributed by atoms with Crippen molar-refractivity contribution >= 4 is 39.2 Å². The van der Waals surface area contributed by atoms with E-state index in [9.17, 15) is 22.8 Å². The van der Waals surface area contributed by atoms with Crippen molar-refractivity contribution < 1.29 is 22.8 Å². The van der Waals surface area contributed by atoms with E-state index in [4.69, 9.17) is 0 Å². The summed E-state index contributed by atoms with van der Waals surface area (Å²) in [6, 6.07) is 4.34. The molecule has 0 aromatic heterocycles. The maximum atomic E-state index is 13.2. The molecule has 0 radical (unpaired) electrons. The number of amides is 4. The zero-order chi connectivity index (χ0) is 25.3. The molecule has 1 heterocycles. The third kappa shape index (κ3) is 5.54. The number of urea groups is 1. The summed E-state index contributed by atoms with van der Waals surface area (Å²) < 4.78 is 26.8. The third-order valence-corrected chi connectivity index (χ3v) is 8.43. The zero-order valence-electron chi connectivity index (χ0n) is 20.7. The molecular formula is C24H36N4O5S. The number of anilines is 2. The highest BCUT2D eigenvalue weighted by Gasteiger charge is 2.53. The molecule has 0 unspecified atom stereocenters. The summed E-state index contributed by atoms with van der Waals surface area (Å²) in [6.07, 6.45) is 3.30. The van der Waals surface area contributed by atoms with Crippen molar-refractivity contribution in [2.24, 2.45) is 11.3 Å². The van der Waals surface area contributed by atoms with E-state index >= 15 is 0 Å². The summed E-state index contributed by atoms with van der Waals surface area (Å²) in [5.41, 5.74) is 0.547. The Morgan fingerprint density at radius 1 is 1.18 bits per heavy atom. The maximum Gasteiger partial charge on any atom is 0.325 e. The first-order valence-corrected chi connectivity index (χ1v) is 13.5. The van der Waals surface area contributed by atoms with Crippen molar-refractivity contribution in [2.45, 2.75) is 72.3 Å². The SMILES string of the molecule is CCCS(=O)(=O)Nc1cccc(NC(=O)CN2C(=O)NC3(CCC(C(C)(C)C)CC3)C2=O)c1C. The fourth-order valence-electron chi connectivity index (χ4n) is 4.84. The van der Waals surface area contributed by atoms with E-state index in [2.05, 4.69) is 36.1 Å². The molecule has 188 valence electrons. The van der Waals surface area contributed by atoms with Gasteiger partial charge in [0.15, 0.2) is 0 Å². The molecule has 10 heteroatoms. The van der Waals surface area contributed by atoms with Crippen LogP contribution in [0.4, 0.5) is 16.2 Å². The molecule has 1 aromatic carbocycles. The Kier molecular flexibility index (Phi) is 7.31. The van der Waals surface area contributed by atoms with E-state index in [1.807, 2.05) is 0 Å². The van der Waals surface area contributed by atoms with Gasteiger partial charge in [0.2, 0.25) is 15.9 Å². The van der Waals surface area contributed by atoms with E-state index in [-0.39, 0.29) is 17.1 Å². The number of sulfonamides is 1. The predicted molar refractivity (Wildman–Crippen MR) is 132 cm³/mol. The van der Waals surface area contributed by atoms with Crippen LogP contribution in [-0.2, 0) is 19.6 Å². The number of carbonyl (C=O) groups excluding carboxylic acids is 3. The number of imide groups is 1. The van der Waals surface area contributed by atoms with Gasteiger partial charge in [0, 0.05) is 5.69 Å². The molecular weight excluding hydrogens is 456 g/mol. The lowest BCUT2D eigenvalue weighted by Crippen LogP contribution is -2.51. The second-order valence-electron chi connectivity index (χ2n) is 10.5. The smallest absolute Gasteiger partial charge is 0.324 e. The summed E-state index contributed by atoms with van der Waals surface area (Å²) in [6.45, 7) is 9.63. The lowest BCUT2D eigenvalue weighted by atomic mass is 9.67. The first-order chi connectivity index (χ1) is 15.8. The molecule has 9 nitrogen and oxygen atoms in total. The van der Waals surface area contributed by atoms with Crippen LogP contribution in [0.5, 0.6) is 0 Å². The Bertz CT molecular complexity index is 1070. The van der Waals surface area contributed by atoms with Crippen LogP contribution in [0, 0.1) is 18.3 Å². The van der Waals surface area contributed by atoms with Gasteiger partial charge in [-0.15, -0.1) is 0 Å². The van der Waals surface area contributed by atoms with Crippen molar-refractivity contribution in [3.05, 3.63) is 23.8 Å². The molecule has 34 heavy (non-hydrogen) atoms. The van der Waals surface area contributed by atoms with Crippen LogP contribution < -0.4 is 15.4 Å². The highest BCUT2D eigenvalue weighted by molar-refractivity contribution is 7.92. The minimum absolute atomic E-state index is 0.00649. The number of hydrogen-bond donors (Lipinski definition) is 3. The number of rotatable bonds is 7. The number of nitrogens with one attached hydrogen (secondary N) is 3. The second-order valence-corrected chi connectivity index (χ2v) is 12.3. The highest BCUT2D eigenvalue weighted by atomic mass is 32.2. The average molecular weight is 493 g/mol. The minimum atomic E-state index is -3.48. The van der Waals surface area contributed by atoms with Crippen LogP contribution >= 0.6 is 0 Å². The lowest BCUT2D eigenvalue weighted by molar-refractivity contribution is -0.135. The van der Waals surface area contributed by atoms with Gasteiger partial charge >= 0.3 is 6.03 Å². The van der Waals surface area contributed by atoms with Gasteiger partial charge in [0.25, 0.3) is 5.91 Å². The summed E-state index contributed by atoms with van der Waals surface area (Å²) in [5.74, 6) is -0.406. The normalized spacial score (nSPS) is 23.2. The molecule has 1 spiro atoms. The van der Waals surface area contributed by atoms with Gasteiger partial charge in [-0.25, -0.2) is 13.2 Å². The maximum absolute atomic E-state index is 13.2. The van der Waals surface area contributed by atoms with E-state index < -0.39 is 34.0 Å². The molecule has 1 aromatic rings. The largest absolute Gasteiger partial charge is 0.325 e.